The van der Waals surface area contributed by atoms with Gasteiger partial charge in [-0.3, -0.25) is 4.79 Å². The Morgan fingerprint density at radius 3 is 1.93 bits per heavy atom. The highest BCUT2D eigenvalue weighted by Crippen LogP contribution is 2.51. The molecule has 1 nitrogen and oxygen atoms in total. The third-order valence-corrected chi connectivity index (χ3v) is 5.29. The number of carbonyl (C=O) groups is 1. The normalized spacial score (nSPS) is 18.2. The second-order valence-corrected chi connectivity index (χ2v) is 6.76. The molecule has 4 aromatic rings. The first-order valence-electron chi connectivity index (χ1n) is 8.60. The van der Waals surface area contributed by atoms with Gasteiger partial charge in [-0.15, -0.1) is 0 Å². The molecular weight excluding hydrogens is 349 g/mol. The van der Waals surface area contributed by atoms with E-state index in [1.54, 1.807) is 36.4 Å². The van der Waals surface area contributed by atoms with Crippen molar-refractivity contribution in [2.75, 3.05) is 0 Å². The molecule has 0 aliphatic heterocycles. The Kier molecular flexibility index (Phi) is 3.23. The molecule has 27 heavy (non-hydrogen) atoms. The van der Waals surface area contributed by atoms with Crippen molar-refractivity contribution in [3.05, 3.63) is 83.9 Å². The summed E-state index contributed by atoms with van der Waals surface area (Å²) in [5, 5.41) is 2.80. The molecule has 0 heterocycles. The number of alkyl halides is 3. The van der Waals surface area contributed by atoms with Crippen LogP contribution in [0.3, 0.4) is 0 Å². The molecule has 0 radical (unpaired) electrons. The first-order chi connectivity index (χ1) is 13.0. The summed E-state index contributed by atoms with van der Waals surface area (Å²) in [6.45, 7) is 0. The average molecular weight is 362 g/mol. The number of ketones is 1. The van der Waals surface area contributed by atoms with Crippen molar-refractivity contribution >= 4 is 27.3 Å². The topological polar surface area (TPSA) is 17.1 Å². The maximum atomic E-state index is 15.0. The summed E-state index contributed by atoms with van der Waals surface area (Å²) in [6, 6.07) is 20.3. The second kappa shape index (κ2) is 5.43. The minimum Gasteiger partial charge on any atom is -0.289 e. The number of rotatable bonds is 0. The van der Waals surface area contributed by atoms with Gasteiger partial charge in [0.1, 0.15) is 0 Å². The van der Waals surface area contributed by atoms with Crippen LogP contribution < -0.4 is 0 Å². The molecule has 0 saturated carbocycles. The van der Waals surface area contributed by atoms with E-state index in [2.05, 4.69) is 0 Å². The molecule has 5 rings (SSSR count). The zero-order valence-corrected chi connectivity index (χ0v) is 14.0. The van der Waals surface area contributed by atoms with Crippen molar-refractivity contribution in [2.45, 2.75) is 12.1 Å². The summed E-state index contributed by atoms with van der Waals surface area (Å²) >= 11 is 0. The molecule has 1 aliphatic rings. The fourth-order valence-electron chi connectivity index (χ4n) is 4.01. The van der Waals surface area contributed by atoms with Gasteiger partial charge in [0.05, 0.1) is 0 Å². The Labute approximate surface area is 153 Å². The van der Waals surface area contributed by atoms with Gasteiger partial charge in [-0.1, -0.05) is 72.8 Å². The lowest BCUT2D eigenvalue weighted by molar-refractivity contribution is -0.150. The molecule has 4 heteroatoms. The van der Waals surface area contributed by atoms with Crippen LogP contribution >= 0.6 is 0 Å². The maximum Gasteiger partial charge on any atom is 0.334 e. The van der Waals surface area contributed by atoms with E-state index < -0.39 is 23.4 Å². The third-order valence-electron chi connectivity index (χ3n) is 5.29. The van der Waals surface area contributed by atoms with Gasteiger partial charge in [0, 0.05) is 16.7 Å². The van der Waals surface area contributed by atoms with Crippen molar-refractivity contribution in [1.29, 1.82) is 0 Å². The molecule has 0 unspecified atom stereocenters. The van der Waals surface area contributed by atoms with Crippen molar-refractivity contribution in [2.24, 2.45) is 0 Å². The van der Waals surface area contributed by atoms with Gasteiger partial charge in [-0.2, -0.15) is 8.78 Å². The third kappa shape index (κ3) is 2.10. The average Bonchev–Trinajstić information content (AvgIpc) is 2.76. The number of benzene rings is 4. The van der Waals surface area contributed by atoms with Crippen LogP contribution in [0, 0.1) is 0 Å². The van der Waals surface area contributed by atoms with E-state index in [0.717, 1.165) is 10.8 Å². The minimum atomic E-state index is -3.90. The van der Waals surface area contributed by atoms with E-state index in [-0.39, 0.29) is 11.1 Å². The number of carbonyl (C=O) groups excluding carboxylic acids is 1. The van der Waals surface area contributed by atoms with E-state index in [9.17, 15) is 9.18 Å². The Bertz CT molecular complexity index is 1240. The van der Waals surface area contributed by atoms with Crippen molar-refractivity contribution in [1.82, 2.24) is 0 Å². The molecule has 1 aliphatic carbocycles. The van der Waals surface area contributed by atoms with E-state index in [0.29, 0.717) is 16.3 Å². The summed E-state index contributed by atoms with van der Waals surface area (Å²) in [5.74, 6) is -5.62. The standard InChI is InChI=1S/C23H13F3O/c24-21-17-11-9-13-5-1-3-7-15(13)19(17)20-16-8-4-2-6-14(16)10-12-18(20)23(25,26)22(21)27/h1-12,21H/t21-/m0/s1. The largest absolute Gasteiger partial charge is 0.334 e. The van der Waals surface area contributed by atoms with Gasteiger partial charge < -0.3 is 0 Å². The molecule has 1 atom stereocenters. The predicted molar refractivity (Wildman–Crippen MR) is 99.6 cm³/mol. The van der Waals surface area contributed by atoms with Gasteiger partial charge in [-0.25, -0.2) is 4.39 Å². The van der Waals surface area contributed by atoms with Gasteiger partial charge in [0.2, 0.25) is 5.78 Å². The van der Waals surface area contributed by atoms with Gasteiger partial charge in [0.15, 0.2) is 6.17 Å². The van der Waals surface area contributed by atoms with Crippen molar-refractivity contribution in [3.63, 3.8) is 0 Å². The lowest BCUT2D eigenvalue weighted by atomic mass is 9.87. The van der Waals surface area contributed by atoms with Crippen LogP contribution in [-0.4, -0.2) is 5.78 Å². The zero-order chi connectivity index (χ0) is 18.8. The van der Waals surface area contributed by atoms with Crippen LogP contribution in [0.5, 0.6) is 0 Å². The van der Waals surface area contributed by atoms with Gasteiger partial charge >= 0.3 is 5.92 Å². The van der Waals surface area contributed by atoms with Crippen molar-refractivity contribution < 1.29 is 18.0 Å². The van der Waals surface area contributed by atoms with Crippen LogP contribution in [0.4, 0.5) is 13.2 Å². The second-order valence-electron chi connectivity index (χ2n) is 6.76. The monoisotopic (exact) mass is 362 g/mol. The molecule has 0 N–H and O–H groups in total. The number of Topliss-reactive ketones (excluding diaryl/α,β-unsaturated/α-hetero) is 1. The van der Waals surface area contributed by atoms with Crippen LogP contribution in [-0.2, 0) is 10.7 Å². The molecule has 0 amide bonds. The van der Waals surface area contributed by atoms with Crippen LogP contribution in [0.2, 0.25) is 0 Å². The molecule has 0 fully saturated rings. The lowest BCUT2D eigenvalue weighted by Gasteiger charge is -2.18. The van der Waals surface area contributed by atoms with E-state index >= 15 is 8.78 Å². The smallest absolute Gasteiger partial charge is 0.289 e. The highest BCUT2D eigenvalue weighted by atomic mass is 19.3. The maximum absolute atomic E-state index is 15.0. The molecular formula is C23H13F3O. The number of halogens is 3. The molecule has 0 bridgehead atoms. The SMILES string of the molecule is O=C1[C@@H](F)c2ccc3ccccc3c2-c2c(ccc3ccccc23)C1(F)F. The van der Waals surface area contributed by atoms with Gasteiger partial charge in [0.25, 0.3) is 0 Å². The van der Waals surface area contributed by atoms with Crippen LogP contribution in [0.25, 0.3) is 32.7 Å². The Hall–Kier alpha value is -3.14. The van der Waals surface area contributed by atoms with E-state index in [1.165, 1.54) is 12.1 Å². The lowest BCUT2D eigenvalue weighted by Crippen LogP contribution is -2.28. The summed E-state index contributed by atoms with van der Waals surface area (Å²) in [4.78, 5) is 12.3. The number of hydrogen-bond donors (Lipinski definition) is 0. The number of fused-ring (bicyclic) bond motifs is 7. The fourth-order valence-corrected chi connectivity index (χ4v) is 4.01. The molecule has 4 aromatic carbocycles. The Morgan fingerprint density at radius 2 is 1.26 bits per heavy atom. The van der Waals surface area contributed by atoms with Crippen LogP contribution in [0.15, 0.2) is 72.8 Å². The van der Waals surface area contributed by atoms with E-state index in [4.69, 9.17) is 0 Å². The summed E-state index contributed by atoms with van der Waals surface area (Å²) in [5.41, 5.74) is 0.161. The minimum absolute atomic E-state index is 0.00604. The highest BCUT2D eigenvalue weighted by Gasteiger charge is 2.50. The molecule has 0 aromatic heterocycles. The predicted octanol–water partition coefficient (Wildman–Crippen LogP) is 6.35. The zero-order valence-electron chi connectivity index (χ0n) is 14.0. The Balaban J connectivity index is 2.08. The fraction of sp³-hybridized carbons (Fsp3) is 0.0870. The number of hydrogen-bond acceptors (Lipinski definition) is 1. The Morgan fingerprint density at radius 1 is 0.704 bits per heavy atom. The van der Waals surface area contributed by atoms with Gasteiger partial charge in [-0.05, 0) is 27.1 Å². The summed E-state index contributed by atoms with van der Waals surface area (Å²) in [6.07, 6.45) is -2.38. The molecule has 0 saturated heterocycles. The highest BCUT2D eigenvalue weighted by molar-refractivity contribution is 6.12. The first kappa shape index (κ1) is 16.1. The quantitative estimate of drug-likeness (QED) is 0.356. The van der Waals surface area contributed by atoms with Crippen molar-refractivity contribution in [3.8, 4) is 11.1 Å². The van der Waals surface area contributed by atoms with E-state index in [1.807, 2.05) is 24.3 Å². The molecule has 0 spiro atoms. The summed E-state index contributed by atoms with van der Waals surface area (Å²) in [7, 11) is 0. The molecule has 132 valence electrons. The summed E-state index contributed by atoms with van der Waals surface area (Å²) < 4.78 is 45.0. The first-order valence-corrected chi connectivity index (χ1v) is 8.60. The van der Waals surface area contributed by atoms with Crippen LogP contribution in [0.1, 0.15) is 17.3 Å².